The van der Waals surface area contributed by atoms with E-state index in [0.717, 1.165) is 31.1 Å². The number of benzene rings is 2. The number of carbonyl (C=O) groups excluding carboxylic acids is 1. The van der Waals surface area contributed by atoms with Crippen molar-refractivity contribution in [2.45, 2.75) is 50.2 Å². The number of sulfonamides is 1. The highest BCUT2D eigenvalue weighted by atomic mass is 32.2. The molecule has 1 heterocycles. The molecule has 0 aliphatic carbocycles. The minimum absolute atomic E-state index is 0.158. The smallest absolute Gasteiger partial charge is 0.241 e. The van der Waals surface area contributed by atoms with Gasteiger partial charge in [0.05, 0.1) is 4.90 Å². The van der Waals surface area contributed by atoms with E-state index in [9.17, 15) is 13.2 Å². The van der Waals surface area contributed by atoms with Crippen molar-refractivity contribution in [1.29, 1.82) is 0 Å². The van der Waals surface area contributed by atoms with Gasteiger partial charge in [-0.25, -0.2) is 8.42 Å². The average molecular weight is 490 g/mol. The van der Waals surface area contributed by atoms with Crippen molar-refractivity contribution >= 4 is 27.7 Å². The molecule has 1 saturated heterocycles. The molecule has 2 unspecified atom stereocenters. The molecule has 2 aromatic rings. The summed E-state index contributed by atoms with van der Waals surface area (Å²) in [4.78, 5) is 15.5. The lowest BCUT2D eigenvalue weighted by atomic mass is 9.99. The fourth-order valence-corrected chi connectivity index (χ4v) is 5.82. The molecule has 0 radical (unpaired) electrons. The normalized spacial score (nSPS) is 18.1. The molecule has 6 nitrogen and oxygen atoms in total. The quantitative estimate of drug-likeness (QED) is 0.504. The van der Waals surface area contributed by atoms with Crippen molar-refractivity contribution < 1.29 is 13.2 Å². The zero-order valence-electron chi connectivity index (χ0n) is 19.5. The van der Waals surface area contributed by atoms with Gasteiger partial charge in [0.1, 0.15) is 6.04 Å². The van der Waals surface area contributed by atoms with Gasteiger partial charge in [0.2, 0.25) is 15.9 Å². The zero-order valence-corrected chi connectivity index (χ0v) is 21.1. The van der Waals surface area contributed by atoms with Crippen molar-refractivity contribution in [3.63, 3.8) is 0 Å². The maximum absolute atomic E-state index is 12.8. The van der Waals surface area contributed by atoms with Crippen molar-refractivity contribution in [2.24, 2.45) is 5.92 Å². The molecule has 2 N–H and O–H groups in total. The van der Waals surface area contributed by atoms with E-state index >= 15 is 0 Å². The molecule has 1 aliphatic heterocycles. The summed E-state index contributed by atoms with van der Waals surface area (Å²) in [6.45, 7) is 5.93. The molecule has 8 heteroatoms. The number of amides is 1. The molecule has 0 bridgehead atoms. The van der Waals surface area contributed by atoms with E-state index in [1.165, 1.54) is 30.5 Å². The lowest BCUT2D eigenvalue weighted by Crippen LogP contribution is -2.46. The molecule has 2 atom stereocenters. The van der Waals surface area contributed by atoms with Crippen LogP contribution in [0.4, 0.5) is 0 Å². The van der Waals surface area contributed by atoms with Crippen LogP contribution in [0.1, 0.15) is 37.3 Å². The van der Waals surface area contributed by atoms with Crippen LogP contribution >= 0.6 is 11.8 Å². The average Bonchev–Trinajstić information content (AvgIpc) is 2.81. The number of nitrogens with zero attached hydrogens (tertiary/aromatic N) is 1. The summed E-state index contributed by atoms with van der Waals surface area (Å²) in [7, 11) is -3.77. The molecular formula is C25H35N3O3S2. The van der Waals surface area contributed by atoms with Crippen LogP contribution in [-0.4, -0.2) is 50.4 Å². The summed E-state index contributed by atoms with van der Waals surface area (Å²) in [5, 5.41) is 2.90. The number of rotatable bonds is 11. The molecule has 0 aromatic heterocycles. The highest BCUT2D eigenvalue weighted by molar-refractivity contribution is 7.98. The summed E-state index contributed by atoms with van der Waals surface area (Å²) >= 11 is 1.58. The lowest BCUT2D eigenvalue weighted by molar-refractivity contribution is -0.122. The maximum Gasteiger partial charge on any atom is 0.241 e. The van der Waals surface area contributed by atoms with E-state index in [1.807, 2.05) is 18.4 Å². The van der Waals surface area contributed by atoms with Crippen LogP contribution in [0.3, 0.4) is 0 Å². The van der Waals surface area contributed by atoms with E-state index in [-0.39, 0.29) is 10.8 Å². The molecular weight excluding hydrogens is 454 g/mol. The second-order valence-corrected chi connectivity index (χ2v) is 11.5. The Kier molecular flexibility index (Phi) is 9.79. The van der Waals surface area contributed by atoms with E-state index < -0.39 is 16.1 Å². The van der Waals surface area contributed by atoms with Gasteiger partial charge < -0.3 is 5.32 Å². The molecule has 3 rings (SSSR count). The van der Waals surface area contributed by atoms with E-state index in [1.54, 1.807) is 30.0 Å². The van der Waals surface area contributed by atoms with Crippen molar-refractivity contribution in [3.05, 3.63) is 65.7 Å². The number of nitrogens with one attached hydrogen (secondary N) is 2. The number of carbonyl (C=O) groups is 1. The van der Waals surface area contributed by atoms with Gasteiger partial charge in [0.15, 0.2) is 0 Å². The van der Waals surface area contributed by atoms with E-state index in [0.29, 0.717) is 18.7 Å². The summed E-state index contributed by atoms with van der Waals surface area (Å²) < 4.78 is 28.0. The predicted octanol–water partition coefficient (Wildman–Crippen LogP) is 3.63. The minimum Gasteiger partial charge on any atom is -0.351 e. The summed E-state index contributed by atoms with van der Waals surface area (Å²) in [6.07, 6.45) is 4.94. The Labute approximate surface area is 202 Å². The van der Waals surface area contributed by atoms with Crippen LogP contribution in [0.5, 0.6) is 0 Å². The Morgan fingerprint density at radius 2 is 1.82 bits per heavy atom. The topological polar surface area (TPSA) is 78.5 Å². The Hall–Kier alpha value is -1.87. The van der Waals surface area contributed by atoms with Crippen LogP contribution in [0.25, 0.3) is 0 Å². The third-order valence-corrected chi connectivity index (χ3v) is 8.05. The van der Waals surface area contributed by atoms with E-state index in [2.05, 4.69) is 34.0 Å². The Morgan fingerprint density at radius 1 is 1.12 bits per heavy atom. The van der Waals surface area contributed by atoms with Gasteiger partial charge in [-0.05, 0) is 67.0 Å². The number of piperidine rings is 1. The Morgan fingerprint density at radius 3 is 2.48 bits per heavy atom. The summed E-state index contributed by atoms with van der Waals surface area (Å²) in [5.41, 5.74) is 2.27. The molecule has 180 valence electrons. The molecule has 2 aromatic carbocycles. The third-order valence-electron chi connectivity index (χ3n) is 5.92. The van der Waals surface area contributed by atoms with Gasteiger partial charge in [-0.15, -0.1) is 0 Å². The Bertz CT molecular complexity index is 982. The third kappa shape index (κ3) is 8.14. The van der Waals surface area contributed by atoms with Gasteiger partial charge in [-0.2, -0.15) is 16.5 Å². The van der Waals surface area contributed by atoms with Crippen LogP contribution in [0.15, 0.2) is 59.5 Å². The van der Waals surface area contributed by atoms with Crippen LogP contribution in [-0.2, 0) is 27.9 Å². The van der Waals surface area contributed by atoms with Gasteiger partial charge in [-0.3, -0.25) is 9.69 Å². The lowest BCUT2D eigenvalue weighted by Gasteiger charge is -2.30. The maximum atomic E-state index is 12.8. The summed E-state index contributed by atoms with van der Waals surface area (Å²) in [5.74, 6) is 1.13. The van der Waals surface area contributed by atoms with Gasteiger partial charge in [0, 0.05) is 19.6 Å². The molecule has 33 heavy (non-hydrogen) atoms. The largest absolute Gasteiger partial charge is 0.351 e. The highest BCUT2D eigenvalue weighted by Crippen LogP contribution is 2.18. The Balaban J connectivity index is 1.56. The minimum atomic E-state index is -3.77. The van der Waals surface area contributed by atoms with Crippen LogP contribution in [0.2, 0.25) is 0 Å². The molecule has 0 saturated carbocycles. The van der Waals surface area contributed by atoms with Crippen LogP contribution < -0.4 is 10.0 Å². The first-order valence-corrected chi connectivity index (χ1v) is 14.4. The van der Waals surface area contributed by atoms with E-state index in [4.69, 9.17) is 0 Å². The summed E-state index contributed by atoms with van der Waals surface area (Å²) in [6, 6.07) is 15.6. The number of likely N-dealkylation sites (tertiary alicyclic amines) is 1. The molecule has 0 spiro atoms. The first-order chi connectivity index (χ1) is 15.9. The first kappa shape index (κ1) is 25.7. The molecule has 1 fully saturated rings. The fraction of sp³-hybridized carbons (Fsp3) is 0.480. The van der Waals surface area contributed by atoms with Gasteiger partial charge >= 0.3 is 0 Å². The predicted molar refractivity (Wildman–Crippen MR) is 136 cm³/mol. The van der Waals surface area contributed by atoms with Gasteiger partial charge in [0.25, 0.3) is 0 Å². The van der Waals surface area contributed by atoms with Crippen molar-refractivity contribution in [3.8, 4) is 0 Å². The highest BCUT2D eigenvalue weighted by Gasteiger charge is 2.25. The first-order valence-electron chi connectivity index (χ1n) is 11.5. The monoisotopic (exact) mass is 489 g/mol. The van der Waals surface area contributed by atoms with Crippen LogP contribution in [0, 0.1) is 5.92 Å². The standard InChI is InChI=1S/C25H35N3O3S2/c1-20-7-6-15-28(18-20)19-22-12-10-21(11-13-22)17-26-25(29)24(14-16-32-2)27-33(30,31)23-8-4-3-5-9-23/h3-5,8-13,20,24,27H,6-7,14-19H2,1-2H3,(H,26,29). The van der Waals surface area contributed by atoms with Crippen molar-refractivity contribution in [2.75, 3.05) is 25.1 Å². The SMILES string of the molecule is CSCCC(NS(=O)(=O)c1ccccc1)C(=O)NCc1ccc(CN2CCCC(C)C2)cc1. The molecule has 1 amide bonds. The zero-order chi connectivity index (χ0) is 23.7. The number of thioether (sulfide) groups is 1. The van der Waals surface area contributed by atoms with Gasteiger partial charge in [-0.1, -0.05) is 49.4 Å². The number of hydrogen-bond donors (Lipinski definition) is 2. The second kappa shape index (κ2) is 12.6. The fourth-order valence-electron chi connectivity index (χ4n) is 4.10. The molecule has 1 aliphatic rings. The van der Waals surface area contributed by atoms with Crippen molar-refractivity contribution in [1.82, 2.24) is 14.9 Å². The number of hydrogen-bond acceptors (Lipinski definition) is 5. The second-order valence-electron chi connectivity index (χ2n) is 8.79.